The minimum absolute atomic E-state index is 0. The van der Waals surface area contributed by atoms with Crippen molar-refractivity contribution in [1.29, 1.82) is 0 Å². The average Bonchev–Trinajstić information content (AvgIpc) is 2.87. The van der Waals surface area contributed by atoms with Gasteiger partial charge in [0.05, 0.1) is 6.54 Å². The lowest BCUT2D eigenvalue weighted by molar-refractivity contribution is -0.126. The molecule has 1 fully saturated rings. The van der Waals surface area contributed by atoms with Gasteiger partial charge in [-0.25, -0.2) is 0 Å². The number of amides is 2. The van der Waals surface area contributed by atoms with Gasteiger partial charge in [0.15, 0.2) is 0 Å². The smallest absolute Gasteiger partial charge is 0.239 e. The first-order chi connectivity index (χ1) is 8.72. The molecular weight excluding hydrogens is 266 g/mol. The molecule has 0 atom stereocenters. The van der Waals surface area contributed by atoms with Gasteiger partial charge in [0.1, 0.15) is 0 Å². The van der Waals surface area contributed by atoms with Crippen LogP contribution in [-0.2, 0) is 9.59 Å². The van der Waals surface area contributed by atoms with Gasteiger partial charge in [0, 0.05) is 13.0 Å². The fourth-order valence-electron chi connectivity index (χ4n) is 2.29. The molecule has 0 aromatic carbocycles. The summed E-state index contributed by atoms with van der Waals surface area (Å²) < 4.78 is 0. The van der Waals surface area contributed by atoms with E-state index in [0.717, 1.165) is 12.8 Å². The molecule has 0 aliphatic heterocycles. The summed E-state index contributed by atoms with van der Waals surface area (Å²) in [4.78, 5) is 22.8. The predicted octanol–water partition coefficient (Wildman–Crippen LogP) is 0.960. The molecular formula is C13H26ClN3O2. The van der Waals surface area contributed by atoms with Crippen molar-refractivity contribution in [2.75, 3.05) is 19.6 Å². The number of hydrogen-bond donors (Lipinski definition) is 3. The first-order valence-corrected chi connectivity index (χ1v) is 6.96. The zero-order valence-electron chi connectivity index (χ0n) is 11.5. The molecule has 6 heteroatoms. The molecule has 1 aliphatic carbocycles. The zero-order chi connectivity index (χ0) is 13.2. The fraction of sp³-hybridized carbons (Fsp3) is 0.846. The Morgan fingerprint density at radius 3 is 2.42 bits per heavy atom. The second kappa shape index (κ2) is 11.1. The Balaban J connectivity index is 0.00000324. The van der Waals surface area contributed by atoms with E-state index in [0.29, 0.717) is 25.4 Å². The van der Waals surface area contributed by atoms with Crippen LogP contribution < -0.4 is 16.4 Å². The molecule has 19 heavy (non-hydrogen) atoms. The van der Waals surface area contributed by atoms with Crippen LogP contribution in [0.3, 0.4) is 0 Å². The summed E-state index contributed by atoms with van der Waals surface area (Å²) in [6.07, 6.45) is 7.38. The molecule has 5 nitrogen and oxygen atoms in total. The predicted molar refractivity (Wildman–Crippen MR) is 78.1 cm³/mol. The van der Waals surface area contributed by atoms with Gasteiger partial charge in [-0.3, -0.25) is 9.59 Å². The van der Waals surface area contributed by atoms with Crippen LogP contribution in [0.4, 0.5) is 0 Å². The van der Waals surface area contributed by atoms with E-state index in [1.54, 1.807) is 0 Å². The number of nitrogens with one attached hydrogen (secondary N) is 2. The van der Waals surface area contributed by atoms with Gasteiger partial charge >= 0.3 is 0 Å². The summed E-state index contributed by atoms with van der Waals surface area (Å²) in [7, 11) is 0. The average molecular weight is 292 g/mol. The lowest BCUT2D eigenvalue weighted by atomic mass is 10.0. The molecule has 1 saturated carbocycles. The Morgan fingerprint density at radius 2 is 1.79 bits per heavy atom. The maximum atomic E-state index is 11.5. The number of carbonyl (C=O) groups is 2. The standard InChI is InChI=1S/C13H25N3O2.ClH/c14-8-3-9-15-13(18)10-16-12(17)7-6-11-4-1-2-5-11;/h11H,1-10,14H2,(H,15,18)(H,16,17);1H. The highest BCUT2D eigenvalue weighted by molar-refractivity contribution is 5.85. The Kier molecular flexibility index (Phi) is 10.6. The second-order valence-corrected chi connectivity index (χ2v) is 4.96. The third-order valence-corrected chi connectivity index (χ3v) is 3.40. The normalized spacial score (nSPS) is 14.8. The lowest BCUT2D eigenvalue weighted by Crippen LogP contribution is -2.37. The summed E-state index contributed by atoms with van der Waals surface area (Å²) in [5.74, 6) is 0.558. The third kappa shape index (κ3) is 8.83. The van der Waals surface area contributed by atoms with Gasteiger partial charge in [0.25, 0.3) is 0 Å². The first-order valence-electron chi connectivity index (χ1n) is 6.96. The Morgan fingerprint density at radius 1 is 1.11 bits per heavy atom. The molecule has 0 heterocycles. The quantitative estimate of drug-likeness (QED) is 0.582. The van der Waals surface area contributed by atoms with Gasteiger partial charge in [-0.2, -0.15) is 0 Å². The van der Waals surface area contributed by atoms with Crippen LogP contribution in [-0.4, -0.2) is 31.4 Å². The van der Waals surface area contributed by atoms with Crippen LogP contribution in [0.1, 0.15) is 44.9 Å². The minimum atomic E-state index is -0.141. The summed E-state index contributed by atoms with van der Waals surface area (Å²) in [5.41, 5.74) is 5.32. The number of hydrogen-bond acceptors (Lipinski definition) is 3. The van der Waals surface area contributed by atoms with Crippen molar-refractivity contribution in [1.82, 2.24) is 10.6 Å². The minimum Gasteiger partial charge on any atom is -0.355 e. The van der Waals surface area contributed by atoms with E-state index in [2.05, 4.69) is 10.6 Å². The maximum absolute atomic E-state index is 11.5. The Bertz CT molecular complexity index is 269. The topological polar surface area (TPSA) is 84.2 Å². The van der Waals surface area contributed by atoms with Crippen LogP contribution in [0.2, 0.25) is 0 Å². The van der Waals surface area contributed by atoms with Gasteiger partial charge in [-0.05, 0) is 25.3 Å². The molecule has 0 aromatic heterocycles. The highest BCUT2D eigenvalue weighted by atomic mass is 35.5. The van der Waals surface area contributed by atoms with Gasteiger partial charge < -0.3 is 16.4 Å². The van der Waals surface area contributed by atoms with Crippen LogP contribution in [0.5, 0.6) is 0 Å². The lowest BCUT2D eigenvalue weighted by Gasteiger charge is -2.09. The van der Waals surface area contributed by atoms with E-state index < -0.39 is 0 Å². The molecule has 0 saturated heterocycles. The van der Waals surface area contributed by atoms with E-state index in [-0.39, 0.29) is 30.8 Å². The zero-order valence-corrected chi connectivity index (χ0v) is 12.3. The van der Waals surface area contributed by atoms with E-state index >= 15 is 0 Å². The van der Waals surface area contributed by atoms with Gasteiger partial charge in [0.2, 0.25) is 11.8 Å². The van der Waals surface area contributed by atoms with Crippen molar-refractivity contribution >= 4 is 24.2 Å². The molecule has 4 N–H and O–H groups in total. The van der Waals surface area contributed by atoms with E-state index in [4.69, 9.17) is 5.73 Å². The molecule has 1 aliphatic rings. The summed E-state index contributed by atoms with van der Waals surface area (Å²) in [6, 6.07) is 0. The summed E-state index contributed by atoms with van der Waals surface area (Å²) in [5, 5.41) is 5.35. The van der Waals surface area contributed by atoms with Crippen LogP contribution in [0.15, 0.2) is 0 Å². The van der Waals surface area contributed by atoms with E-state index in [1.165, 1.54) is 25.7 Å². The van der Waals surface area contributed by atoms with Gasteiger partial charge in [-0.15, -0.1) is 12.4 Å². The van der Waals surface area contributed by atoms with Crippen molar-refractivity contribution < 1.29 is 9.59 Å². The summed E-state index contributed by atoms with van der Waals surface area (Å²) in [6.45, 7) is 1.22. The van der Waals surface area contributed by atoms with Crippen LogP contribution in [0, 0.1) is 5.92 Å². The maximum Gasteiger partial charge on any atom is 0.239 e. The monoisotopic (exact) mass is 291 g/mol. The first kappa shape index (κ1) is 18.2. The molecule has 0 unspecified atom stereocenters. The second-order valence-electron chi connectivity index (χ2n) is 4.96. The SMILES string of the molecule is Cl.NCCCNC(=O)CNC(=O)CCC1CCCC1. The van der Waals surface area contributed by atoms with E-state index in [9.17, 15) is 9.59 Å². The molecule has 112 valence electrons. The van der Waals surface area contributed by atoms with Gasteiger partial charge in [-0.1, -0.05) is 25.7 Å². The molecule has 1 rings (SSSR count). The number of rotatable bonds is 8. The summed E-state index contributed by atoms with van der Waals surface area (Å²) >= 11 is 0. The van der Waals surface area contributed by atoms with Crippen molar-refractivity contribution in [3.05, 3.63) is 0 Å². The van der Waals surface area contributed by atoms with Crippen molar-refractivity contribution in [2.24, 2.45) is 11.7 Å². The fourth-order valence-corrected chi connectivity index (χ4v) is 2.29. The molecule has 0 bridgehead atoms. The number of nitrogens with two attached hydrogens (primary N) is 1. The molecule has 2 amide bonds. The van der Waals surface area contributed by atoms with Crippen molar-refractivity contribution in [3.8, 4) is 0 Å². The molecule has 0 radical (unpaired) electrons. The van der Waals surface area contributed by atoms with Crippen LogP contribution >= 0.6 is 12.4 Å². The number of halogens is 1. The Hall–Kier alpha value is -0.810. The third-order valence-electron chi connectivity index (χ3n) is 3.40. The molecule has 0 spiro atoms. The van der Waals surface area contributed by atoms with Crippen molar-refractivity contribution in [3.63, 3.8) is 0 Å². The highest BCUT2D eigenvalue weighted by Gasteiger charge is 2.16. The molecule has 0 aromatic rings. The number of carbonyl (C=O) groups excluding carboxylic acids is 2. The highest BCUT2D eigenvalue weighted by Crippen LogP contribution is 2.28. The largest absolute Gasteiger partial charge is 0.355 e. The van der Waals surface area contributed by atoms with Crippen LogP contribution in [0.25, 0.3) is 0 Å². The van der Waals surface area contributed by atoms with E-state index in [1.807, 2.05) is 0 Å². The van der Waals surface area contributed by atoms with Crippen molar-refractivity contribution in [2.45, 2.75) is 44.9 Å². The Labute approximate surface area is 121 Å².